The van der Waals surface area contributed by atoms with Gasteiger partial charge in [-0.3, -0.25) is 4.79 Å². The van der Waals surface area contributed by atoms with Crippen molar-refractivity contribution in [1.29, 1.82) is 0 Å². The second-order valence-electron chi connectivity index (χ2n) is 10.6. The molecule has 0 spiro atoms. The summed E-state index contributed by atoms with van der Waals surface area (Å²) in [5.74, 6) is 0.298. The molecule has 0 bridgehead atoms. The maximum atomic E-state index is 12.1. The number of pyridine rings is 1. The zero-order chi connectivity index (χ0) is 26.2. The van der Waals surface area contributed by atoms with Crippen molar-refractivity contribution < 1.29 is 15.0 Å². The van der Waals surface area contributed by atoms with Gasteiger partial charge in [-0.05, 0) is 73.1 Å². The van der Waals surface area contributed by atoms with E-state index in [1.54, 1.807) is 16.8 Å². The molecule has 37 heavy (non-hydrogen) atoms. The van der Waals surface area contributed by atoms with Crippen LogP contribution in [-0.2, 0) is 11.2 Å². The molecule has 0 saturated heterocycles. The second kappa shape index (κ2) is 10.1. The minimum atomic E-state index is -0.886. The monoisotopic (exact) mass is 501 g/mol. The summed E-state index contributed by atoms with van der Waals surface area (Å²) in [6, 6.07) is 15.6. The molecule has 8 heteroatoms. The number of fused-ring (bicyclic) bond motifs is 2. The number of benzene rings is 1. The number of amides is 1. The Hall–Kier alpha value is -3.49. The lowest BCUT2D eigenvalue weighted by atomic mass is 9.80. The average Bonchev–Trinajstić information content (AvgIpc) is 3.42. The molecule has 194 valence electrons. The number of rotatable bonds is 8. The van der Waals surface area contributed by atoms with Gasteiger partial charge in [0.25, 0.3) is 0 Å². The predicted molar refractivity (Wildman–Crippen MR) is 145 cm³/mol. The highest BCUT2D eigenvalue weighted by Crippen LogP contribution is 2.49. The third-order valence-corrected chi connectivity index (χ3v) is 7.90. The molecule has 0 unspecified atom stereocenters. The number of nitrogens with zero attached hydrogens (tertiary/aromatic N) is 3. The van der Waals surface area contributed by atoms with E-state index in [0.29, 0.717) is 30.8 Å². The molecule has 0 aliphatic heterocycles. The molecule has 4 atom stereocenters. The smallest absolute Gasteiger partial charge is 0.225 e. The summed E-state index contributed by atoms with van der Waals surface area (Å²) < 4.78 is 1.77. The number of anilines is 2. The van der Waals surface area contributed by atoms with E-state index in [1.165, 1.54) is 0 Å². The number of aliphatic hydroxyl groups is 2. The fourth-order valence-electron chi connectivity index (χ4n) is 5.60. The Morgan fingerprint density at radius 3 is 2.81 bits per heavy atom. The van der Waals surface area contributed by atoms with E-state index < -0.39 is 17.6 Å². The first-order chi connectivity index (χ1) is 17.8. The summed E-state index contributed by atoms with van der Waals surface area (Å²) in [7, 11) is 0. The van der Waals surface area contributed by atoms with Gasteiger partial charge in [0.05, 0.1) is 28.9 Å². The predicted octanol–water partition coefficient (Wildman–Crippen LogP) is 4.44. The van der Waals surface area contributed by atoms with Crippen molar-refractivity contribution in [3.63, 3.8) is 0 Å². The minimum Gasteiger partial charge on any atom is -0.397 e. The first-order valence-corrected chi connectivity index (χ1v) is 13.1. The molecule has 3 aromatic heterocycles. The van der Waals surface area contributed by atoms with Gasteiger partial charge in [-0.25, -0.2) is 9.50 Å². The van der Waals surface area contributed by atoms with Crippen LogP contribution in [0.5, 0.6) is 0 Å². The maximum absolute atomic E-state index is 12.1. The van der Waals surface area contributed by atoms with Crippen molar-refractivity contribution in [1.82, 2.24) is 14.6 Å². The number of unbranched alkanes of at least 4 members (excludes halogenated alkanes) is 1. The third-order valence-electron chi connectivity index (χ3n) is 7.90. The van der Waals surface area contributed by atoms with Crippen molar-refractivity contribution in [3.8, 4) is 0 Å². The molecule has 5 rings (SSSR count). The number of nitrogen functional groups attached to an aromatic ring is 1. The first-order valence-electron chi connectivity index (χ1n) is 13.1. The molecule has 1 fully saturated rings. The van der Waals surface area contributed by atoms with Crippen LogP contribution >= 0.6 is 0 Å². The van der Waals surface area contributed by atoms with Crippen LogP contribution in [0.1, 0.15) is 63.1 Å². The van der Waals surface area contributed by atoms with Crippen LogP contribution in [0.25, 0.3) is 16.4 Å². The average molecular weight is 502 g/mol. The van der Waals surface area contributed by atoms with Crippen molar-refractivity contribution in [2.75, 3.05) is 11.1 Å². The Balaban J connectivity index is 1.31. The molecule has 1 aromatic carbocycles. The van der Waals surface area contributed by atoms with Gasteiger partial charge in [0, 0.05) is 29.6 Å². The summed E-state index contributed by atoms with van der Waals surface area (Å²) >= 11 is 0. The van der Waals surface area contributed by atoms with Crippen LogP contribution in [0, 0.1) is 5.41 Å². The van der Waals surface area contributed by atoms with Crippen molar-refractivity contribution in [2.24, 2.45) is 5.41 Å². The number of aromatic nitrogens is 3. The van der Waals surface area contributed by atoms with Gasteiger partial charge >= 0.3 is 0 Å². The summed E-state index contributed by atoms with van der Waals surface area (Å²) in [4.78, 5) is 16.8. The topological polar surface area (TPSA) is 126 Å². The fraction of sp³-hybridized carbons (Fsp3) is 0.414. The van der Waals surface area contributed by atoms with Crippen molar-refractivity contribution in [2.45, 2.75) is 70.5 Å². The lowest BCUT2D eigenvalue weighted by Crippen LogP contribution is -2.34. The highest BCUT2D eigenvalue weighted by atomic mass is 16.3. The molecule has 0 radical (unpaired) electrons. The molecular weight excluding hydrogens is 466 g/mol. The Morgan fingerprint density at radius 1 is 1.19 bits per heavy atom. The molecule has 1 aliphatic carbocycles. The number of hydrogen-bond donors (Lipinski definition) is 4. The van der Waals surface area contributed by atoms with Gasteiger partial charge in [0.2, 0.25) is 5.91 Å². The molecule has 5 N–H and O–H groups in total. The van der Waals surface area contributed by atoms with Crippen LogP contribution in [0.4, 0.5) is 11.5 Å². The third kappa shape index (κ3) is 4.91. The van der Waals surface area contributed by atoms with Crippen molar-refractivity contribution >= 4 is 33.8 Å². The standard InChI is InChI=1S/C29H35N5O3/c1-3-4-5-26(35)33-25-11-8-19-7-6-18(16-22(19)32-25)12-14-29(2)17-20(27(36)28(29)37)23-9-10-24-21(30)13-15-31-34(23)24/h6-11,13,15-16,20,27-28,36-37H,3-5,12,14,17,30H2,1-2H3,(H,32,33,35)/t20-,27-,28-,29-/m0/s1. The normalized spacial score (nSPS) is 23.6. The van der Waals surface area contributed by atoms with E-state index in [0.717, 1.165) is 46.9 Å². The van der Waals surface area contributed by atoms with Crippen LogP contribution in [0.15, 0.2) is 54.7 Å². The summed E-state index contributed by atoms with van der Waals surface area (Å²) in [6.07, 6.45) is 4.31. The quantitative estimate of drug-likeness (QED) is 0.283. The number of nitrogens with two attached hydrogens (primary N) is 1. The second-order valence-corrected chi connectivity index (χ2v) is 10.6. The molecule has 1 aliphatic rings. The molecule has 1 saturated carbocycles. The molecule has 8 nitrogen and oxygen atoms in total. The molecule has 4 aromatic rings. The number of carbonyl (C=O) groups excluding carboxylic acids is 1. The van der Waals surface area contributed by atoms with E-state index in [1.807, 2.05) is 43.3 Å². The zero-order valence-electron chi connectivity index (χ0n) is 21.4. The van der Waals surface area contributed by atoms with Gasteiger partial charge in [-0.15, -0.1) is 0 Å². The molecule has 1 amide bonds. The summed E-state index contributed by atoms with van der Waals surface area (Å²) in [6.45, 7) is 4.10. The molecular formula is C29H35N5O3. The first kappa shape index (κ1) is 25.2. The minimum absolute atomic E-state index is 0.0187. The number of aliphatic hydroxyl groups excluding tert-OH is 2. The Kier molecular flexibility index (Phi) is 6.88. The maximum Gasteiger partial charge on any atom is 0.225 e. The van der Waals surface area contributed by atoms with Crippen LogP contribution in [-0.4, -0.2) is 42.9 Å². The lowest BCUT2D eigenvalue weighted by molar-refractivity contribution is -0.116. The van der Waals surface area contributed by atoms with Gasteiger partial charge < -0.3 is 21.3 Å². The summed E-state index contributed by atoms with van der Waals surface area (Å²) in [5, 5.41) is 30.4. The summed E-state index contributed by atoms with van der Waals surface area (Å²) in [5.41, 5.74) is 9.84. The molecule has 3 heterocycles. The van der Waals surface area contributed by atoms with Crippen LogP contribution in [0.3, 0.4) is 0 Å². The number of nitrogens with one attached hydrogen (secondary N) is 1. The number of hydrogen-bond acceptors (Lipinski definition) is 6. The zero-order valence-corrected chi connectivity index (χ0v) is 21.4. The largest absolute Gasteiger partial charge is 0.397 e. The van der Waals surface area contributed by atoms with E-state index >= 15 is 0 Å². The van der Waals surface area contributed by atoms with E-state index in [4.69, 9.17) is 5.73 Å². The van der Waals surface area contributed by atoms with Crippen molar-refractivity contribution in [3.05, 3.63) is 66.0 Å². The Labute approximate surface area is 216 Å². The van der Waals surface area contributed by atoms with E-state index in [9.17, 15) is 15.0 Å². The van der Waals surface area contributed by atoms with Crippen LogP contribution < -0.4 is 11.1 Å². The SMILES string of the molecule is CCCCC(=O)Nc1ccc2ccc(CC[C@@]3(C)C[C@@H](c4ccc5c(N)ccnn45)[C@H](O)[C@@H]3O)cc2n1. The lowest BCUT2D eigenvalue weighted by Gasteiger charge is -2.28. The number of aryl methyl sites for hydroxylation is 1. The van der Waals surface area contributed by atoms with E-state index in [-0.39, 0.29) is 11.8 Å². The van der Waals surface area contributed by atoms with Crippen LogP contribution in [0.2, 0.25) is 0 Å². The van der Waals surface area contributed by atoms with Gasteiger partial charge in [-0.1, -0.05) is 32.4 Å². The Bertz CT molecular complexity index is 1430. The fourth-order valence-corrected chi connectivity index (χ4v) is 5.60. The van der Waals surface area contributed by atoms with Gasteiger partial charge in [0.15, 0.2) is 0 Å². The Morgan fingerprint density at radius 2 is 2.00 bits per heavy atom. The highest BCUT2D eigenvalue weighted by molar-refractivity contribution is 5.91. The van der Waals surface area contributed by atoms with E-state index in [2.05, 4.69) is 28.4 Å². The number of carbonyl (C=O) groups is 1. The van der Waals surface area contributed by atoms with Gasteiger partial charge in [-0.2, -0.15) is 5.10 Å². The highest BCUT2D eigenvalue weighted by Gasteiger charge is 2.50. The van der Waals surface area contributed by atoms with Gasteiger partial charge in [0.1, 0.15) is 5.82 Å².